The number of fused-ring (bicyclic) bond motifs is 1. The number of aryl methyl sites for hydroxylation is 1. The molecule has 3 heterocycles. The van der Waals surface area contributed by atoms with Crippen LogP contribution in [-0.2, 0) is 4.79 Å². The van der Waals surface area contributed by atoms with Gasteiger partial charge in [-0.3, -0.25) is 4.79 Å². The predicted molar refractivity (Wildman–Crippen MR) is 135 cm³/mol. The summed E-state index contributed by atoms with van der Waals surface area (Å²) >= 11 is 3.02. The predicted octanol–water partition coefficient (Wildman–Crippen LogP) is 5.89. The SMILES string of the molecule is Cc1nn(-c2ccccc2)c(C)c1NC(=O)CSc1nc(-c2cccs2)nc2ccccc12. The first-order valence-electron chi connectivity index (χ1n) is 10.4. The van der Waals surface area contributed by atoms with Crippen molar-refractivity contribution in [2.45, 2.75) is 18.9 Å². The maximum atomic E-state index is 12.9. The molecule has 0 saturated heterocycles. The summed E-state index contributed by atoms with van der Waals surface area (Å²) in [7, 11) is 0. The Balaban J connectivity index is 1.37. The molecule has 3 aromatic heterocycles. The second kappa shape index (κ2) is 9.17. The van der Waals surface area contributed by atoms with Gasteiger partial charge in [-0.15, -0.1) is 11.3 Å². The van der Waals surface area contributed by atoms with E-state index < -0.39 is 0 Å². The highest BCUT2D eigenvalue weighted by molar-refractivity contribution is 8.00. The van der Waals surface area contributed by atoms with Crippen molar-refractivity contribution in [1.29, 1.82) is 0 Å². The average molecular weight is 472 g/mol. The minimum Gasteiger partial charge on any atom is -0.322 e. The van der Waals surface area contributed by atoms with Gasteiger partial charge in [0.1, 0.15) is 5.03 Å². The third kappa shape index (κ3) is 4.40. The van der Waals surface area contributed by atoms with Crippen LogP contribution in [0.3, 0.4) is 0 Å². The Morgan fingerprint density at radius 2 is 1.79 bits per heavy atom. The summed E-state index contributed by atoms with van der Waals surface area (Å²) in [6.45, 7) is 3.86. The number of anilines is 1. The van der Waals surface area contributed by atoms with Gasteiger partial charge in [0.05, 0.1) is 38.9 Å². The Kier molecular flexibility index (Phi) is 5.93. The van der Waals surface area contributed by atoms with Crippen LogP contribution < -0.4 is 5.32 Å². The van der Waals surface area contributed by atoms with E-state index in [1.165, 1.54) is 11.8 Å². The molecule has 8 heteroatoms. The van der Waals surface area contributed by atoms with Crippen molar-refractivity contribution >= 4 is 45.6 Å². The lowest BCUT2D eigenvalue weighted by molar-refractivity contribution is -0.113. The van der Waals surface area contributed by atoms with Crippen molar-refractivity contribution in [1.82, 2.24) is 19.7 Å². The van der Waals surface area contributed by atoms with Crippen LogP contribution in [0, 0.1) is 13.8 Å². The number of hydrogen-bond acceptors (Lipinski definition) is 6. The zero-order valence-electron chi connectivity index (χ0n) is 18.1. The average Bonchev–Trinajstić information content (AvgIpc) is 3.48. The van der Waals surface area contributed by atoms with Crippen molar-refractivity contribution in [3.05, 3.63) is 83.5 Å². The molecule has 0 saturated carbocycles. The molecule has 0 fully saturated rings. The molecule has 0 bridgehead atoms. The van der Waals surface area contributed by atoms with E-state index >= 15 is 0 Å². The first kappa shape index (κ1) is 21.4. The summed E-state index contributed by atoms with van der Waals surface area (Å²) in [6.07, 6.45) is 0. The molecular weight excluding hydrogens is 450 g/mol. The molecule has 0 spiro atoms. The number of hydrogen-bond donors (Lipinski definition) is 1. The molecule has 1 N–H and O–H groups in total. The number of thiophene rings is 1. The van der Waals surface area contributed by atoms with Gasteiger partial charge >= 0.3 is 0 Å². The van der Waals surface area contributed by atoms with Gasteiger partial charge in [-0.25, -0.2) is 14.6 Å². The van der Waals surface area contributed by atoms with Gasteiger partial charge in [0, 0.05) is 5.39 Å². The summed E-state index contributed by atoms with van der Waals surface area (Å²) in [5.74, 6) is 0.821. The molecule has 5 rings (SSSR count). The first-order chi connectivity index (χ1) is 16.1. The van der Waals surface area contributed by atoms with Crippen molar-refractivity contribution in [3.8, 4) is 16.4 Å². The van der Waals surface area contributed by atoms with Crippen LogP contribution in [-0.4, -0.2) is 31.4 Å². The first-order valence-corrected chi connectivity index (χ1v) is 12.3. The fourth-order valence-electron chi connectivity index (χ4n) is 3.63. The maximum absolute atomic E-state index is 12.9. The third-order valence-corrected chi connectivity index (χ3v) is 7.06. The minimum atomic E-state index is -0.0980. The van der Waals surface area contributed by atoms with Gasteiger partial charge in [-0.1, -0.05) is 54.2 Å². The van der Waals surface area contributed by atoms with E-state index in [2.05, 4.69) is 10.4 Å². The summed E-state index contributed by atoms with van der Waals surface area (Å²) in [5, 5.41) is 11.4. The molecule has 6 nitrogen and oxygen atoms in total. The topological polar surface area (TPSA) is 72.7 Å². The van der Waals surface area contributed by atoms with E-state index in [1.54, 1.807) is 11.3 Å². The Labute approximate surface area is 199 Å². The van der Waals surface area contributed by atoms with E-state index in [9.17, 15) is 4.79 Å². The highest BCUT2D eigenvalue weighted by atomic mass is 32.2. The van der Waals surface area contributed by atoms with E-state index in [0.29, 0.717) is 5.82 Å². The van der Waals surface area contributed by atoms with Crippen LogP contribution in [0.1, 0.15) is 11.4 Å². The molecule has 0 radical (unpaired) electrons. The lowest BCUT2D eigenvalue weighted by Gasteiger charge is -2.09. The van der Waals surface area contributed by atoms with Crippen molar-refractivity contribution in [3.63, 3.8) is 0 Å². The van der Waals surface area contributed by atoms with Gasteiger partial charge in [-0.2, -0.15) is 5.10 Å². The van der Waals surface area contributed by atoms with E-state index in [1.807, 2.05) is 90.6 Å². The normalized spacial score (nSPS) is 11.1. The van der Waals surface area contributed by atoms with Crippen LogP contribution in [0.2, 0.25) is 0 Å². The van der Waals surface area contributed by atoms with E-state index in [0.717, 1.165) is 43.6 Å². The molecule has 0 aliphatic rings. The lowest BCUT2D eigenvalue weighted by atomic mass is 10.2. The molecule has 0 aliphatic heterocycles. The molecule has 1 amide bonds. The molecule has 0 aliphatic carbocycles. The highest BCUT2D eigenvalue weighted by Crippen LogP contribution is 2.30. The minimum absolute atomic E-state index is 0.0980. The second-order valence-electron chi connectivity index (χ2n) is 7.48. The quantitative estimate of drug-likeness (QED) is 0.247. The maximum Gasteiger partial charge on any atom is 0.234 e. The number of amides is 1. The van der Waals surface area contributed by atoms with Crippen molar-refractivity contribution < 1.29 is 4.79 Å². The standard InChI is InChI=1S/C25H21N5OS2/c1-16-23(17(2)30(29-16)18-9-4-3-5-10-18)27-22(31)15-33-25-19-11-6-7-12-20(19)26-24(28-25)21-13-8-14-32-21/h3-14H,15H2,1-2H3,(H,27,31). The Morgan fingerprint density at radius 3 is 2.58 bits per heavy atom. The van der Waals surface area contributed by atoms with Crippen LogP contribution in [0.25, 0.3) is 27.3 Å². The smallest absolute Gasteiger partial charge is 0.234 e. The molecule has 2 aromatic carbocycles. The zero-order chi connectivity index (χ0) is 22.8. The number of nitrogens with one attached hydrogen (secondary N) is 1. The number of carbonyl (C=O) groups excluding carboxylic acids is 1. The van der Waals surface area contributed by atoms with E-state index in [-0.39, 0.29) is 11.7 Å². The number of rotatable bonds is 6. The van der Waals surface area contributed by atoms with Gasteiger partial charge in [0.15, 0.2) is 5.82 Å². The number of carbonyl (C=O) groups is 1. The zero-order valence-corrected chi connectivity index (χ0v) is 19.8. The summed E-state index contributed by atoms with van der Waals surface area (Å²) in [4.78, 5) is 23.4. The van der Waals surface area contributed by atoms with Gasteiger partial charge in [0.25, 0.3) is 0 Å². The molecule has 5 aromatic rings. The monoisotopic (exact) mass is 471 g/mol. The number of para-hydroxylation sites is 2. The summed E-state index contributed by atoms with van der Waals surface area (Å²) in [5.41, 5.74) is 4.25. The number of benzene rings is 2. The Bertz CT molecular complexity index is 1430. The van der Waals surface area contributed by atoms with Crippen molar-refractivity contribution in [2.75, 3.05) is 11.1 Å². The van der Waals surface area contributed by atoms with E-state index in [4.69, 9.17) is 9.97 Å². The molecule has 0 unspecified atom stereocenters. The number of nitrogens with zero attached hydrogens (tertiary/aromatic N) is 4. The molecular formula is C25H21N5OS2. The fourth-order valence-corrected chi connectivity index (χ4v) is 5.10. The van der Waals surface area contributed by atoms with Crippen LogP contribution in [0.4, 0.5) is 5.69 Å². The third-order valence-electron chi connectivity index (χ3n) is 5.21. The Morgan fingerprint density at radius 1 is 1.00 bits per heavy atom. The van der Waals surface area contributed by atoms with Crippen LogP contribution in [0.5, 0.6) is 0 Å². The molecule has 0 atom stereocenters. The Hall–Kier alpha value is -3.49. The van der Waals surface area contributed by atoms with Crippen LogP contribution in [0.15, 0.2) is 77.1 Å². The fraction of sp³-hybridized carbons (Fsp3) is 0.120. The summed E-state index contributed by atoms with van der Waals surface area (Å²) in [6, 6.07) is 21.8. The van der Waals surface area contributed by atoms with Gasteiger partial charge in [0.2, 0.25) is 5.91 Å². The number of thioether (sulfide) groups is 1. The van der Waals surface area contributed by atoms with Gasteiger partial charge in [-0.05, 0) is 43.5 Å². The molecule has 33 heavy (non-hydrogen) atoms. The largest absolute Gasteiger partial charge is 0.322 e. The lowest BCUT2D eigenvalue weighted by Crippen LogP contribution is -2.15. The second-order valence-corrected chi connectivity index (χ2v) is 9.39. The van der Waals surface area contributed by atoms with Crippen molar-refractivity contribution in [2.24, 2.45) is 0 Å². The van der Waals surface area contributed by atoms with Crippen LogP contribution >= 0.6 is 23.1 Å². The van der Waals surface area contributed by atoms with Gasteiger partial charge < -0.3 is 5.32 Å². The summed E-state index contributed by atoms with van der Waals surface area (Å²) < 4.78 is 1.85. The number of aromatic nitrogens is 4. The highest BCUT2D eigenvalue weighted by Gasteiger charge is 2.17. The molecule has 164 valence electrons.